The van der Waals surface area contributed by atoms with E-state index in [2.05, 4.69) is 0 Å². The van der Waals surface area contributed by atoms with Crippen LogP contribution >= 0.6 is 0 Å². The highest BCUT2D eigenvalue weighted by molar-refractivity contribution is 5.50. The highest BCUT2D eigenvalue weighted by Gasteiger charge is 2.73. The SMILES string of the molecule is CN1C[C@@H]2c3cc([N+](=O)[O-])ccc3O[C@@H](C(F)(F)F)[C@]2([N+](=O)[O-])C1. The van der Waals surface area contributed by atoms with Crippen molar-refractivity contribution in [2.75, 3.05) is 20.1 Å². The minimum Gasteiger partial charge on any atom is -0.473 e. The molecule has 11 heteroatoms. The molecule has 1 fully saturated rings. The third kappa shape index (κ3) is 2.19. The van der Waals surface area contributed by atoms with Gasteiger partial charge in [0, 0.05) is 29.2 Å². The van der Waals surface area contributed by atoms with Crippen molar-refractivity contribution in [3.05, 3.63) is 44.0 Å². The maximum absolute atomic E-state index is 13.5. The van der Waals surface area contributed by atoms with Crippen LogP contribution in [0.15, 0.2) is 18.2 Å². The molecule has 0 radical (unpaired) electrons. The second-order valence-electron chi connectivity index (χ2n) is 6.02. The van der Waals surface area contributed by atoms with Crippen molar-refractivity contribution in [1.82, 2.24) is 4.90 Å². The number of hydrogen-bond donors (Lipinski definition) is 0. The van der Waals surface area contributed by atoms with Crippen LogP contribution in [0.5, 0.6) is 5.75 Å². The van der Waals surface area contributed by atoms with Gasteiger partial charge in [-0.25, -0.2) is 0 Å². The van der Waals surface area contributed by atoms with Gasteiger partial charge >= 0.3 is 6.18 Å². The molecule has 0 spiro atoms. The zero-order chi connectivity index (χ0) is 17.9. The monoisotopic (exact) mass is 347 g/mol. The van der Waals surface area contributed by atoms with Gasteiger partial charge in [0.1, 0.15) is 5.75 Å². The number of halogens is 3. The summed E-state index contributed by atoms with van der Waals surface area (Å²) in [5.41, 5.74) is -2.73. The van der Waals surface area contributed by atoms with Crippen LogP contribution < -0.4 is 4.74 Å². The molecule has 2 heterocycles. The second-order valence-corrected chi connectivity index (χ2v) is 6.02. The quantitative estimate of drug-likeness (QED) is 0.599. The Morgan fingerprint density at radius 2 is 2.00 bits per heavy atom. The van der Waals surface area contributed by atoms with Crippen molar-refractivity contribution in [3.8, 4) is 5.75 Å². The van der Waals surface area contributed by atoms with E-state index in [0.717, 1.165) is 18.2 Å². The predicted octanol–water partition coefficient (Wildman–Crippen LogP) is 1.96. The van der Waals surface area contributed by atoms with Crippen LogP contribution in [0.2, 0.25) is 0 Å². The number of fused-ring (bicyclic) bond motifs is 3. The van der Waals surface area contributed by atoms with Crippen LogP contribution in [-0.2, 0) is 0 Å². The Bertz CT molecular complexity index is 725. The molecule has 1 saturated heterocycles. The number of benzene rings is 1. The Balaban J connectivity index is 2.23. The smallest absolute Gasteiger partial charge is 0.432 e. The first kappa shape index (κ1) is 16.4. The van der Waals surface area contributed by atoms with Gasteiger partial charge in [0.15, 0.2) is 0 Å². The van der Waals surface area contributed by atoms with Crippen LogP contribution in [0.3, 0.4) is 0 Å². The molecular formula is C13H12F3N3O5. The van der Waals surface area contributed by atoms with Gasteiger partial charge in [-0.3, -0.25) is 25.1 Å². The Morgan fingerprint density at radius 3 is 2.54 bits per heavy atom. The lowest BCUT2D eigenvalue weighted by Gasteiger charge is -2.39. The van der Waals surface area contributed by atoms with E-state index in [1.807, 2.05) is 0 Å². The number of likely N-dealkylation sites (N-methyl/N-ethyl adjacent to an activating group) is 1. The van der Waals surface area contributed by atoms with Crippen LogP contribution in [0.4, 0.5) is 18.9 Å². The molecule has 0 saturated carbocycles. The summed E-state index contributed by atoms with van der Waals surface area (Å²) < 4.78 is 45.3. The molecule has 0 bridgehead atoms. The summed E-state index contributed by atoms with van der Waals surface area (Å²) in [5.74, 6) is -1.37. The molecule has 3 rings (SSSR count). The summed E-state index contributed by atoms with van der Waals surface area (Å²) >= 11 is 0. The molecular weight excluding hydrogens is 335 g/mol. The number of nitro benzene ring substituents is 1. The third-order valence-electron chi connectivity index (χ3n) is 4.54. The van der Waals surface area contributed by atoms with E-state index in [1.165, 1.54) is 11.9 Å². The van der Waals surface area contributed by atoms with Crippen molar-refractivity contribution in [2.24, 2.45) is 0 Å². The number of rotatable bonds is 2. The molecule has 8 nitrogen and oxygen atoms in total. The van der Waals surface area contributed by atoms with Gasteiger partial charge in [-0.15, -0.1) is 0 Å². The average Bonchev–Trinajstić information content (AvgIpc) is 2.83. The lowest BCUT2D eigenvalue weighted by atomic mass is 9.75. The maximum Gasteiger partial charge on any atom is 0.432 e. The molecule has 130 valence electrons. The van der Waals surface area contributed by atoms with Crippen LogP contribution in [0.1, 0.15) is 11.5 Å². The van der Waals surface area contributed by atoms with E-state index in [-0.39, 0.29) is 23.5 Å². The zero-order valence-corrected chi connectivity index (χ0v) is 12.3. The number of likely N-dealkylation sites (tertiary alicyclic amines) is 1. The van der Waals surface area contributed by atoms with Crippen molar-refractivity contribution in [1.29, 1.82) is 0 Å². The standard InChI is InChI=1S/C13H12F3N3O5/c1-17-5-9-8-4-7(18(20)21)2-3-10(8)24-11(13(14,15)16)12(9,6-17)19(22)23/h2-4,9,11H,5-6H2,1H3/t9-,11-,12+/m1/s1. The van der Waals surface area contributed by atoms with E-state index in [9.17, 15) is 33.4 Å². The van der Waals surface area contributed by atoms with E-state index in [1.54, 1.807) is 0 Å². The topological polar surface area (TPSA) is 98.8 Å². The van der Waals surface area contributed by atoms with E-state index in [0.29, 0.717) is 0 Å². The molecule has 0 aromatic heterocycles. The highest BCUT2D eigenvalue weighted by atomic mass is 19.4. The van der Waals surface area contributed by atoms with Gasteiger partial charge in [0.2, 0.25) is 0 Å². The summed E-state index contributed by atoms with van der Waals surface area (Å²) in [7, 11) is 1.47. The number of alkyl halides is 3. The van der Waals surface area contributed by atoms with Gasteiger partial charge in [0.25, 0.3) is 17.3 Å². The van der Waals surface area contributed by atoms with Crippen molar-refractivity contribution in [2.45, 2.75) is 23.7 Å². The number of nitro groups is 2. The number of nitrogens with zero attached hydrogens (tertiary/aromatic N) is 3. The largest absolute Gasteiger partial charge is 0.473 e. The van der Waals surface area contributed by atoms with Crippen LogP contribution in [-0.4, -0.2) is 52.7 Å². The van der Waals surface area contributed by atoms with E-state index in [4.69, 9.17) is 4.74 Å². The Kier molecular flexibility index (Phi) is 3.44. The fourth-order valence-electron chi connectivity index (χ4n) is 3.60. The Morgan fingerprint density at radius 1 is 1.33 bits per heavy atom. The van der Waals surface area contributed by atoms with Crippen molar-refractivity contribution < 1.29 is 27.8 Å². The molecule has 1 aromatic rings. The Labute approximate surface area is 133 Å². The summed E-state index contributed by atoms with van der Waals surface area (Å²) in [4.78, 5) is 22.3. The van der Waals surface area contributed by atoms with Crippen molar-refractivity contribution in [3.63, 3.8) is 0 Å². The van der Waals surface area contributed by atoms with Crippen LogP contribution in [0, 0.1) is 20.2 Å². The highest BCUT2D eigenvalue weighted by Crippen LogP contribution is 2.52. The average molecular weight is 347 g/mol. The molecule has 3 atom stereocenters. The van der Waals surface area contributed by atoms with Crippen molar-refractivity contribution >= 4 is 5.69 Å². The molecule has 2 aliphatic heterocycles. The molecule has 1 aromatic carbocycles. The summed E-state index contributed by atoms with van der Waals surface area (Å²) in [6.07, 6.45) is -7.57. The first-order chi connectivity index (χ1) is 11.1. The minimum atomic E-state index is -4.95. The maximum atomic E-state index is 13.5. The Hall–Kier alpha value is -2.43. The number of hydrogen-bond acceptors (Lipinski definition) is 6. The molecule has 0 unspecified atom stereocenters. The lowest BCUT2D eigenvalue weighted by molar-refractivity contribution is -0.591. The minimum absolute atomic E-state index is 0.0227. The van der Waals surface area contributed by atoms with E-state index < -0.39 is 40.1 Å². The molecule has 0 aliphatic carbocycles. The fourth-order valence-corrected chi connectivity index (χ4v) is 3.60. The first-order valence-electron chi connectivity index (χ1n) is 6.92. The number of non-ortho nitro benzene ring substituents is 1. The molecule has 0 amide bonds. The fraction of sp³-hybridized carbons (Fsp3) is 0.538. The predicted molar refractivity (Wildman–Crippen MR) is 73.5 cm³/mol. The molecule has 0 N–H and O–H groups in total. The normalized spacial score (nSPS) is 29.5. The molecule has 2 aliphatic rings. The molecule has 24 heavy (non-hydrogen) atoms. The third-order valence-corrected chi connectivity index (χ3v) is 4.54. The summed E-state index contributed by atoms with van der Waals surface area (Å²) in [6.45, 7) is -0.484. The van der Waals surface area contributed by atoms with E-state index >= 15 is 0 Å². The van der Waals surface area contributed by atoms with Gasteiger partial charge < -0.3 is 4.74 Å². The summed E-state index contributed by atoms with van der Waals surface area (Å²) in [5, 5.41) is 22.6. The number of ether oxygens (including phenoxy) is 1. The summed E-state index contributed by atoms with van der Waals surface area (Å²) in [6, 6.07) is 3.14. The van der Waals surface area contributed by atoms with Gasteiger partial charge in [-0.1, -0.05) is 0 Å². The van der Waals surface area contributed by atoms with Gasteiger partial charge in [0.05, 0.1) is 17.4 Å². The zero-order valence-electron chi connectivity index (χ0n) is 12.3. The second kappa shape index (κ2) is 5.03. The van der Waals surface area contributed by atoms with Gasteiger partial charge in [-0.05, 0) is 13.1 Å². The van der Waals surface area contributed by atoms with Gasteiger partial charge in [-0.2, -0.15) is 13.2 Å². The van der Waals surface area contributed by atoms with Crippen LogP contribution in [0.25, 0.3) is 0 Å². The first-order valence-corrected chi connectivity index (χ1v) is 6.92. The lowest BCUT2D eigenvalue weighted by Crippen LogP contribution is -2.64.